The van der Waals surface area contributed by atoms with Gasteiger partial charge in [0.15, 0.2) is 10.8 Å². The molecule has 0 unspecified atom stereocenters. The van der Waals surface area contributed by atoms with Gasteiger partial charge < -0.3 is 20.6 Å². The van der Waals surface area contributed by atoms with Crippen LogP contribution in [-0.2, 0) is 34.3 Å². The fourth-order valence-electron chi connectivity index (χ4n) is 2.47. The number of nitrogens with zero attached hydrogens (tertiary/aromatic N) is 3. The summed E-state index contributed by atoms with van der Waals surface area (Å²) in [7, 11) is -4.75. The zero-order valence-electron chi connectivity index (χ0n) is 17.3. The van der Waals surface area contributed by atoms with Crippen LogP contribution in [0, 0.1) is 0 Å². The van der Waals surface area contributed by atoms with Gasteiger partial charge in [-0.05, 0) is 34.6 Å². The van der Waals surface area contributed by atoms with Crippen molar-refractivity contribution in [1.29, 1.82) is 0 Å². The molecule has 0 aromatic carbocycles. The van der Waals surface area contributed by atoms with Crippen molar-refractivity contribution in [3.05, 3.63) is 11.1 Å². The summed E-state index contributed by atoms with van der Waals surface area (Å²) >= 11 is 1.01. The molecule has 2 amide bonds. The molecule has 0 spiro atoms. The van der Waals surface area contributed by atoms with Crippen LogP contribution in [0.4, 0.5) is 5.13 Å². The van der Waals surface area contributed by atoms with Crippen LogP contribution < -0.4 is 11.1 Å². The second kappa shape index (κ2) is 8.76. The van der Waals surface area contributed by atoms with E-state index in [4.69, 9.17) is 19.9 Å². The smallest absolute Gasteiger partial charge is 0.362 e. The van der Waals surface area contributed by atoms with E-state index in [-0.39, 0.29) is 15.1 Å². The number of oxime groups is 1. The number of β-lactam (4-membered cyclic amide) rings is 1. The van der Waals surface area contributed by atoms with Gasteiger partial charge in [-0.1, -0.05) is 5.16 Å². The van der Waals surface area contributed by atoms with Crippen LogP contribution in [-0.4, -0.2) is 69.5 Å². The molecular weight excluding hydrogens is 454 g/mol. The molecule has 2 heterocycles. The first-order chi connectivity index (χ1) is 14.1. The summed E-state index contributed by atoms with van der Waals surface area (Å²) in [6, 6.07) is -2.28. The lowest BCUT2D eigenvalue weighted by atomic mass is 10.0. The maximum Gasteiger partial charge on any atom is 0.362 e. The molecule has 0 bridgehead atoms. The molecule has 0 radical (unpaired) electrons. The fraction of sp³-hybridized carbons (Fsp3) is 0.562. The maximum atomic E-state index is 12.8. The van der Waals surface area contributed by atoms with Gasteiger partial charge in [-0.25, -0.2) is 14.1 Å². The van der Waals surface area contributed by atoms with Crippen molar-refractivity contribution in [2.75, 3.05) is 5.73 Å². The van der Waals surface area contributed by atoms with Crippen molar-refractivity contribution in [2.24, 2.45) is 5.16 Å². The number of nitrogens with one attached hydrogen (secondary N) is 1. The Hall–Kier alpha value is -2.78. The number of thiazole rings is 1. The molecule has 1 aromatic rings. The van der Waals surface area contributed by atoms with Crippen LogP contribution >= 0.6 is 11.3 Å². The highest BCUT2D eigenvalue weighted by Crippen LogP contribution is 2.23. The van der Waals surface area contributed by atoms with Crippen molar-refractivity contribution >= 4 is 50.3 Å². The Labute approximate surface area is 182 Å². The molecule has 13 nitrogen and oxygen atoms in total. The van der Waals surface area contributed by atoms with E-state index >= 15 is 0 Å². The first-order valence-corrected chi connectivity index (χ1v) is 11.2. The van der Waals surface area contributed by atoms with Crippen LogP contribution in [0.1, 0.15) is 40.3 Å². The SMILES string of the molecule is CC(C)OC(=O)C(C)(C)O/N=C(\C(=O)N[C@@H]1C(=O)N(S(=O)(=O)O)[C@H]1C)c1csc(N)n1. The Bertz CT molecular complexity index is 1020. The predicted octanol–water partition coefficient (Wildman–Crippen LogP) is -0.305. The Balaban J connectivity index is 2.25. The molecule has 31 heavy (non-hydrogen) atoms. The third kappa shape index (κ3) is 5.48. The Kier molecular flexibility index (Phi) is 6.92. The number of amides is 2. The number of carbonyl (C=O) groups is 3. The lowest BCUT2D eigenvalue weighted by Crippen LogP contribution is -2.71. The average molecular weight is 478 g/mol. The molecule has 1 aliphatic rings. The zero-order valence-corrected chi connectivity index (χ0v) is 19.0. The van der Waals surface area contributed by atoms with Crippen molar-refractivity contribution in [3.8, 4) is 0 Å². The first-order valence-electron chi connectivity index (χ1n) is 8.95. The largest absolute Gasteiger partial charge is 0.460 e. The van der Waals surface area contributed by atoms with Gasteiger partial charge >= 0.3 is 16.3 Å². The molecule has 4 N–H and O–H groups in total. The molecule has 1 fully saturated rings. The molecular formula is C16H23N5O8S2. The zero-order chi connectivity index (χ0) is 23.7. The highest BCUT2D eigenvalue weighted by Gasteiger charge is 2.51. The molecule has 0 aliphatic carbocycles. The van der Waals surface area contributed by atoms with Gasteiger partial charge in [0.25, 0.3) is 11.8 Å². The van der Waals surface area contributed by atoms with E-state index in [0.29, 0.717) is 0 Å². The normalized spacial score (nSPS) is 19.8. The van der Waals surface area contributed by atoms with Gasteiger partial charge in [0.05, 0.1) is 12.1 Å². The molecule has 172 valence electrons. The van der Waals surface area contributed by atoms with Gasteiger partial charge in [-0.15, -0.1) is 11.3 Å². The van der Waals surface area contributed by atoms with E-state index in [9.17, 15) is 22.8 Å². The number of esters is 1. The van der Waals surface area contributed by atoms with E-state index in [0.717, 1.165) is 11.3 Å². The molecule has 2 rings (SSSR count). The Morgan fingerprint density at radius 3 is 2.48 bits per heavy atom. The van der Waals surface area contributed by atoms with Gasteiger partial charge in [0.1, 0.15) is 11.7 Å². The summed E-state index contributed by atoms with van der Waals surface area (Å²) in [5.41, 5.74) is 3.66. The second-order valence-corrected chi connectivity index (χ2v) is 9.55. The summed E-state index contributed by atoms with van der Waals surface area (Å²) in [5.74, 6) is -2.68. The number of nitrogens with two attached hydrogens (primary N) is 1. The van der Waals surface area contributed by atoms with Crippen molar-refractivity contribution in [3.63, 3.8) is 0 Å². The summed E-state index contributed by atoms with van der Waals surface area (Å²) in [5, 5.41) is 7.59. The van der Waals surface area contributed by atoms with Crippen LogP contribution in [0.5, 0.6) is 0 Å². The maximum absolute atomic E-state index is 12.8. The van der Waals surface area contributed by atoms with Gasteiger partial charge in [-0.3, -0.25) is 14.1 Å². The third-order valence-electron chi connectivity index (χ3n) is 4.05. The number of anilines is 1. The van der Waals surface area contributed by atoms with Crippen LogP contribution in [0.2, 0.25) is 0 Å². The van der Waals surface area contributed by atoms with Crippen molar-refractivity contribution < 1.29 is 36.9 Å². The third-order valence-corrected chi connectivity index (χ3v) is 5.73. The van der Waals surface area contributed by atoms with Gasteiger partial charge in [0.2, 0.25) is 5.60 Å². The molecule has 2 atom stereocenters. The fourth-order valence-corrected chi connectivity index (χ4v) is 3.90. The van der Waals surface area contributed by atoms with Gasteiger partial charge in [0, 0.05) is 5.38 Å². The Morgan fingerprint density at radius 1 is 1.42 bits per heavy atom. The number of hydrogen-bond donors (Lipinski definition) is 3. The molecule has 1 aromatic heterocycles. The van der Waals surface area contributed by atoms with E-state index in [2.05, 4.69) is 15.5 Å². The summed E-state index contributed by atoms with van der Waals surface area (Å²) in [4.78, 5) is 46.2. The highest BCUT2D eigenvalue weighted by atomic mass is 32.2. The molecule has 0 saturated carbocycles. The standard InChI is InChI=1S/C16H23N5O8S2/c1-7(2)28-14(24)16(4,5)29-20-11(9-6-30-15(17)18-9)12(22)19-10-8(3)21(13(10)23)31(25,26)27/h6-8,10H,1-5H3,(H2,17,18)(H,19,22)(H,25,26,27)/b20-11-/t8-,10-/m0/s1. The lowest BCUT2D eigenvalue weighted by Gasteiger charge is -2.42. The number of carbonyl (C=O) groups excluding carboxylic acids is 3. The first kappa shape index (κ1) is 24.5. The topological polar surface area (TPSA) is 191 Å². The highest BCUT2D eigenvalue weighted by molar-refractivity contribution is 7.84. The van der Waals surface area contributed by atoms with Crippen molar-refractivity contribution in [1.82, 2.24) is 14.6 Å². The monoisotopic (exact) mass is 477 g/mol. The summed E-state index contributed by atoms with van der Waals surface area (Å²) in [6.07, 6.45) is -0.405. The van der Waals surface area contributed by atoms with Gasteiger partial charge in [-0.2, -0.15) is 8.42 Å². The number of aromatic nitrogens is 1. The quantitative estimate of drug-likeness (QED) is 0.147. The minimum Gasteiger partial charge on any atom is -0.460 e. The second-order valence-electron chi connectivity index (χ2n) is 7.37. The number of ether oxygens (including phenoxy) is 1. The van der Waals surface area contributed by atoms with Crippen LogP contribution in [0.3, 0.4) is 0 Å². The minimum atomic E-state index is -4.75. The Morgan fingerprint density at radius 2 is 2.03 bits per heavy atom. The van der Waals surface area contributed by atoms with E-state index in [1.165, 1.54) is 26.2 Å². The summed E-state index contributed by atoms with van der Waals surface area (Å²) in [6.45, 7) is 7.39. The summed E-state index contributed by atoms with van der Waals surface area (Å²) < 4.78 is 36.8. The number of rotatable bonds is 8. The molecule has 15 heteroatoms. The number of nitrogen functional groups attached to an aromatic ring is 1. The van der Waals surface area contributed by atoms with E-state index < -0.39 is 57.6 Å². The van der Waals surface area contributed by atoms with E-state index in [1.54, 1.807) is 13.8 Å². The number of hydrogen-bond acceptors (Lipinski definition) is 11. The van der Waals surface area contributed by atoms with Crippen molar-refractivity contribution in [2.45, 2.75) is 58.4 Å². The minimum absolute atomic E-state index is 0.0130. The van der Waals surface area contributed by atoms with Crippen LogP contribution in [0.15, 0.2) is 10.5 Å². The molecule has 1 aliphatic heterocycles. The average Bonchev–Trinajstić information content (AvgIpc) is 3.04. The van der Waals surface area contributed by atoms with E-state index in [1.807, 2.05) is 0 Å². The van der Waals surface area contributed by atoms with Crippen LogP contribution in [0.25, 0.3) is 0 Å². The molecule has 1 saturated heterocycles. The predicted molar refractivity (Wildman–Crippen MR) is 109 cm³/mol. The lowest BCUT2D eigenvalue weighted by molar-refractivity contribution is -0.172.